The van der Waals surface area contributed by atoms with Crippen LogP contribution in [-0.4, -0.2) is 47.9 Å². The maximum Gasteiger partial charge on any atom is 0.417 e. The zero-order chi connectivity index (χ0) is 20.0. The minimum atomic E-state index is -4.42. The number of pyridine rings is 2. The Morgan fingerprint density at radius 1 is 1.21 bits per heavy atom. The standard InChI is InChI=1S/C18H19F3N4O2S/c19-18(20,21)14-1-2-17(24-11-14)28-12-16(26)23-10-13-3-4-22-15(9-13)25-5-7-27-8-6-25/h1-4,9,11H,5-8,10,12H2,(H,23,26). The van der Waals surface area contributed by atoms with E-state index >= 15 is 0 Å². The molecule has 6 nitrogen and oxygen atoms in total. The molecule has 1 fully saturated rings. The number of hydrogen-bond acceptors (Lipinski definition) is 6. The molecule has 0 unspecified atom stereocenters. The van der Waals surface area contributed by atoms with Gasteiger partial charge in [0.15, 0.2) is 0 Å². The molecule has 1 saturated heterocycles. The van der Waals surface area contributed by atoms with Crippen LogP contribution in [0.15, 0.2) is 41.7 Å². The molecular formula is C18H19F3N4O2S. The lowest BCUT2D eigenvalue weighted by Crippen LogP contribution is -2.36. The fourth-order valence-electron chi connectivity index (χ4n) is 2.56. The lowest BCUT2D eigenvalue weighted by atomic mass is 10.2. The van der Waals surface area contributed by atoms with Gasteiger partial charge in [-0.25, -0.2) is 9.97 Å². The van der Waals surface area contributed by atoms with E-state index < -0.39 is 11.7 Å². The highest BCUT2D eigenvalue weighted by molar-refractivity contribution is 7.99. The largest absolute Gasteiger partial charge is 0.417 e. The van der Waals surface area contributed by atoms with Gasteiger partial charge in [0.05, 0.1) is 29.6 Å². The molecule has 2 aromatic heterocycles. The van der Waals surface area contributed by atoms with Crippen molar-refractivity contribution < 1.29 is 22.7 Å². The van der Waals surface area contributed by atoms with Gasteiger partial charge < -0.3 is 15.0 Å². The van der Waals surface area contributed by atoms with Gasteiger partial charge in [-0.2, -0.15) is 13.2 Å². The first-order valence-corrected chi connectivity index (χ1v) is 9.61. The Kier molecular flexibility index (Phi) is 6.74. The molecular weight excluding hydrogens is 393 g/mol. The SMILES string of the molecule is O=C(CSc1ccc(C(F)(F)F)cn1)NCc1ccnc(N2CCOCC2)c1. The van der Waals surface area contributed by atoms with Gasteiger partial charge >= 0.3 is 6.18 Å². The summed E-state index contributed by atoms with van der Waals surface area (Å²) in [4.78, 5) is 22.2. The lowest BCUT2D eigenvalue weighted by Gasteiger charge is -2.28. The molecule has 0 spiro atoms. The summed E-state index contributed by atoms with van der Waals surface area (Å²) in [5, 5.41) is 3.16. The van der Waals surface area contributed by atoms with Crippen LogP contribution in [0.25, 0.3) is 0 Å². The quantitative estimate of drug-likeness (QED) is 0.736. The Labute approximate surface area is 164 Å². The van der Waals surface area contributed by atoms with Gasteiger partial charge in [-0.05, 0) is 29.8 Å². The van der Waals surface area contributed by atoms with E-state index in [-0.39, 0.29) is 11.7 Å². The van der Waals surface area contributed by atoms with Gasteiger partial charge in [0.2, 0.25) is 5.91 Å². The fourth-order valence-corrected chi connectivity index (χ4v) is 3.23. The molecule has 28 heavy (non-hydrogen) atoms. The molecule has 10 heteroatoms. The maximum atomic E-state index is 12.5. The molecule has 0 saturated carbocycles. The van der Waals surface area contributed by atoms with Crippen molar-refractivity contribution in [3.05, 3.63) is 47.8 Å². The van der Waals surface area contributed by atoms with Crippen LogP contribution < -0.4 is 10.2 Å². The number of alkyl halides is 3. The van der Waals surface area contributed by atoms with Crippen LogP contribution in [-0.2, 0) is 22.3 Å². The molecule has 0 radical (unpaired) electrons. The average Bonchev–Trinajstić information content (AvgIpc) is 2.71. The summed E-state index contributed by atoms with van der Waals surface area (Å²) in [6, 6.07) is 5.97. The van der Waals surface area contributed by atoms with Crippen molar-refractivity contribution in [2.45, 2.75) is 17.7 Å². The molecule has 0 aromatic carbocycles. The molecule has 1 N–H and O–H groups in total. The first kappa shape index (κ1) is 20.4. The minimum Gasteiger partial charge on any atom is -0.378 e. The highest BCUT2D eigenvalue weighted by atomic mass is 32.2. The number of halogens is 3. The van der Waals surface area contributed by atoms with Crippen molar-refractivity contribution in [1.29, 1.82) is 0 Å². The van der Waals surface area contributed by atoms with Crippen LogP contribution >= 0.6 is 11.8 Å². The third kappa shape index (κ3) is 5.83. The van der Waals surface area contributed by atoms with Crippen molar-refractivity contribution in [3.63, 3.8) is 0 Å². The summed E-state index contributed by atoms with van der Waals surface area (Å²) in [7, 11) is 0. The molecule has 2 aromatic rings. The van der Waals surface area contributed by atoms with Gasteiger partial charge in [0.25, 0.3) is 0 Å². The number of morpholine rings is 1. The second kappa shape index (κ2) is 9.24. The summed E-state index contributed by atoms with van der Waals surface area (Å²) < 4.78 is 42.9. The van der Waals surface area contributed by atoms with E-state index in [1.807, 2.05) is 12.1 Å². The molecule has 1 aliphatic heterocycles. The number of carbonyl (C=O) groups excluding carboxylic acids is 1. The smallest absolute Gasteiger partial charge is 0.378 e. The van der Waals surface area contributed by atoms with Gasteiger partial charge in [0.1, 0.15) is 5.82 Å². The van der Waals surface area contributed by atoms with Crippen LogP contribution in [0.1, 0.15) is 11.1 Å². The molecule has 1 amide bonds. The number of hydrogen-bond donors (Lipinski definition) is 1. The molecule has 0 bridgehead atoms. The van der Waals surface area contributed by atoms with Crippen molar-refractivity contribution >= 4 is 23.5 Å². The van der Waals surface area contributed by atoms with Crippen LogP contribution in [0.4, 0.5) is 19.0 Å². The topological polar surface area (TPSA) is 67.4 Å². The molecule has 0 atom stereocenters. The Bertz CT molecular complexity index is 796. The number of anilines is 1. The molecule has 0 aliphatic carbocycles. The van der Waals surface area contributed by atoms with Crippen LogP contribution in [0.3, 0.4) is 0 Å². The van der Waals surface area contributed by atoms with E-state index in [1.165, 1.54) is 6.07 Å². The number of amides is 1. The Morgan fingerprint density at radius 3 is 2.68 bits per heavy atom. The third-order valence-electron chi connectivity index (χ3n) is 4.05. The number of carbonyl (C=O) groups is 1. The number of rotatable bonds is 6. The second-order valence-electron chi connectivity index (χ2n) is 6.07. The first-order valence-electron chi connectivity index (χ1n) is 8.62. The summed E-state index contributed by atoms with van der Waals surface area (Å²) in [5.74, 6) is 0.689. The minimum absolute atomic E-state index is 0.0692. The van der Waals surface area contributed by atoms with Crippen LogP contribution in [0.5, 0.6) is 0 Å². The Morgan fingerprint density at radius 2 is 2.00 bits per heavy atom. The second-order valence-corrected chi connectivity index (χ2v) is 7.07. The Hall–Kier alpha value is -2.33. The van der Waals surface area contributed by atoms with E-state index in [9.17, 15) is 18.0 Å². The van der Waals surface area contributed by atoms with Gasteiger partial charge in [-0.1, -0.05) is 11.8 Å². The summed E-state index contributed by atoms with van der Waals surface area (Å²) in [6.07, 6.45) is -1.95. The van der Waals surface area contributed by atoms with Gasteiger partial charge in [-0.15, -0.1) is 0 Å². The van der Waals surface area contributed by atoms with E-state index in [0.717, 1.165) is 48.5 Å². The number of nitrogens with one attached hydrogen (secondary N) is 1. The summed E-state index contributed by atoms with van der Waals surface area (Å²) in [6.45, 7) is 3.23. The first-order chi connectivity index (χ1) is 13.4. The van der Waals surface area contributed by atoms with Crippen LogP contribution in [0.2, 0.25) is 0 Å². The van der Waals surface area contributed by atoms with Crippen molar-refractivity contribution in [1.82, 2.24) is 15.3 Å². The normalized spacial score (nSPS) is 14.8. The molecule has 3 rings (SSSR count). The monoisotopic (exact) mass is 412 g/mol. The van der Waals surface area contributed by atoms with E-state index in [0.29, 0.717) is 24.8 Å². The number of ether oxygens (including phenoxy) is 1. The van der Waals surface area contributed by atoms with E-state index in [1.54, 1.807) is 6.20 Å². The summed E-state index contributed by atoms with van der Waals surface area (Å²) >= 11 is 1.08. The van der Waals surface area contributed by atoms with Gasteiger partial charge in [-0.3, -0.25) is 4.79 Å². The third-order valence-corrected chi connectivity index (χ3v) is 4.99. The fraction of sp³-hybridized carbons (Fsp3) is 0.389. The number of aromatic nitrogens is 2. The number of thioether (sulfide) groups is 1. The lowest BCUT2D eigenvalue weighted by molar-refractivity contribution is -0.137. The number of nitrogens with zero attached hydrogens (tertiary/aromatic N) is 3. The predicted octanol–water partition coefficient (Wildman–Crippen LogP) is 2.74. The van der Waals surface area contributed by atoms with Crippen molar-refractivity contribution in [3.8, 4) is 0 Å². The van der Waals surface area contributed by atoms with Crippen LogP contribution in [0, 0.1) is 0 Å². The zero-order valence-corrected chi connectivity index (χ0v) is 15.7. The average molecular weight is 412 g/mol. The highest BCUT2D eigenvalue weighted by Gasteiger charge is 2.30. The highest BCUT2D eigenvalue weighted by Crippen LogP contribution is 2.29. The van der Waals surface area contributed by atoms with Crippen molar-refractivity contribution in [2.75, 3.05) is 37.0 Å². The Balaban J connectivity index is 1.46. The van der Waals surface area contributed by atoms with Gasteiger partial charge in [0, 0.05) is 32.0 Å². The molecule has 1 aliphatic rings. The molecule has 150 valence electrons. The van der Waals surface area contributed by atoms with E-state index in [2.05, 4.69) is 20.2 Å². The zero-order valence-electron chi connectivity index (χ0n) is 14.9. The maximum absolute atomic E-state index is 12.5. The predicted molar refractivity (Wildman–Crippen MR) is 99.1 cm³/mol. The summed E-state index contributed by atoms with van der Waals surface area (Å²) in [5.41, 5.74) is 0.109. The van der Waals surface area contributed by atoms with E-state index in [4.69, 9.17) is 4.74 Å². The molecule has 3 heterocycles. The van der Waals surface area contributed by atoms with Crippen molar-refractivity contribution in [2.24, 2.45) is 0 Å².